The van der Waals surface area contributed by atoms with Gasteiger partial charge in [-0.15, -0.1) is 0 Å². The minimum Gasteiger partial charge on any atom is -0.389 e. The Labute approximate surface area is 108 Å². The van der Waals surface area contributed by atoms with Gasteiger partial charge in [-0.2, -0.15) is 0 Å². The number of nitrogens with zero attached hydrogens (tertiary/aromatic N) is 2. The summed E-state index contributed by atoms with van der Waals surface area (Å²) in [6, 6.07) is 0. The van der Waals surface area contributed by atoms with Crippen LogP contribution in [0.5, 0.6) is 0 Å². The van der Waals surface area contributed by atoms with Crippen molar-refractivity contribution >= 4 is 0 Å². The first-order valence-corrected chi connectivity index (χ1v) is 6.66. The summed E-state index contributed by atoms with van der Waals surface area (Å²) in [6.07, 6.45) is 6.76. The maximum Gasteiger partial charge on any atom is 0.160 e. The van der Waals surface area contributed by atoms with Crippen LogP contribution in [0.4, 0.5) is 0 Å². The summed E-state index contributed by atoms with van der Waals surface area (Å²) in [4.78, 5) is 9.00. The van der Waals surface area contributed by atoms with E-state index in [1.165, 1.54) is 6.42 Å². The predicted molar refractivity (Wildman–Crippen MR) is 69.2 cm³/mol. The van der Waals surface area contributed by atoms with E-state index in [1.807, 2.05) is 6.92 Å². The van der Waals surface area contributed by atoms with Crippen LogP contribution in [0.2, 0.25) is 0 Å². The zero-order chi connectivity index (χ0) is 13.2. The molecule has 1 aliphatic rings. The monoisotopic (exact) mass is 250 g/mol. The van der Waals surface area contributed by atoms with E-state index >= 15 is 0 Å². The standard InChI is InChI=1S/C14H22N2O2/c1-10-12(11(2)17)9-15-13(16-10)14(18-3)7-5-4-6-8-14/h9,11,17H,4-8H2,1-3H3/t11-/m0/s1. The molecule has 0 radical (unpaired) electrons. The highest BCUT2D eigenvalue weighted by molar-refractivity contribution is 5.20. The van der Waals surface area contributed by atoms with E-state index in [2.05, 4.69) is 9.97 Å². The number of hydrogen-bond donors (Lipinski definition) is 1. The van der Waals surface area contributed by atoms with Crippen molar-refractivity contribution in [3.63, 3.8) is 0 Å². The van der Waals surface area contributed by atoms with Gasteiger partial charge in [-0.25, -0.2) is 9.97 Å². The van der Waals surface area contributed by atoms with E-state index in [0.717, 1.165) is 42.8 Å². The molecule has 0 unspecified atom stereocenters. The van der Waals surface area contributed by atoms with E-state index in [4.69, 9.17) is 4.74 Å². The van der Waals surface area contributed by atoms with Gasteiger partial charge in [0.25, 0.3) is 0 Å². The van der Waals surface area contributed by atoms with Crippen LogP contribution < -0.4 is 0 Å². The highest BCUT2D eigenvalue weighted by Crippen LogP contribution is 2.38. The van der Waals surface area contributed by atoms with Gasteiger partial charge in [-0.3, -0.25) is 0 Å². The lowest BCUT2D eigenvalue weighted by atomic mass is 9.84. The molecule has 18 heavy (non-hydrogen) atoms. The van der Waals surface area contributed by atoms with Crippen LogP contribution in [-0.2, 0) is 10.3 Å². The molecule has 0 bridgehead atoms. The van der Waals surface area contributed by atoms with Crippen LogP contribution in [0.25, 0.3) is 0 Å². The second-order valence-electron chi connectivity index (χ2n) is 5.17. The summed E-state index contributed by atoms with van der Waals surface area (Å²) in [5.74, 6) is 0.770. The fourth-order valence-electron chi connectivity index (χ4n) is 2.75. The molecule has 0 saturated heterocycles. The third kappa shape index (κ3) is 2.40. The van der Waals surface area contributed by atoms with E-state index in [0.29, 0.717) is 0 Å². The number of aryl methyl sites for hydroxylation is 1. The first-order valence-electron chi connectivity index (χ1n) is 6.66. The van der Waals surface area contributed by atoms with Crippen LogP contribution in [0, 0.1) is 6.92 Å². The predicted octanol–water partition coefficient (Wildman–Crippen LogP) is 2.64. The fourth-order valence-corrected chi connectivity index (χ4v) is 2.75. The molecule has 0 aliphatic heterocycles. The molecular formula is C14H22N2O2. The van der Waals surface area contributed by atoms with Gasteiger partial charge in [0, 0.05) is 24.6 Å². The zero-order valence-electron chi connectivity index (χ0n) is 11.4. The van der Waals surface area contributed by atoms with E-state index in [1.54, 1.807) is 20.2 Å². The van der Waals surface area contributed by atoms with Crippen LogP contribution in [0.3, 0.4) is 0 Å². The molecule has 1 aromatic rings. The van der Waals surface area contributed by atoms with Crippen molar-refractivity contribution in [1.82, 2.24) is 9.97 Å². The maximum absolute atomic E-state index is 9.62. The molecule has 2 rings (SSSR count). The number of hydrogen-bond acceptors (Lipinski definition) is 4. The van der Waals surface area contributed by atoms with Crippen molar-refractivity contribution in [1.29, 1.82) is 0 Å². The average Bonchev–Trinajstić information content (AvgIpc) is 2.39. The molecule has 0 aromatic carbocycles. The fraction of sp³-hybridized carbons (Fsp3) is 0.714. The minimum atomic E-state index is -0.524. The summed E-state index contributed by atoms with van der Waals surface area (Å²) in [6.45, 7) is 3.65. The summed E-state index contributed by atoms with van der Waals surface area (Å²) >= 11 is 0. The van der Waals surface area contributed by atoms with Gasteiger partial charge in [0.1, 0.15) is 5.60 Å². The summed E-state index contributed by atoms with van der Waals surface area (Å²) in [5.41, 5.74) is 1.32. The Morgan fingerprint density at radius 1 is 1.33 bits per heavy atom. The molecule has 1 N–H and O–H groups in total. The van der Waals surface area contributed by atoms with Crippen molar-refractivity contribution in [2.75, 3.05) is 7.11 Å². The lowest BCUT2D eigenvalue weighted by Gasteiger charge is -2.34. The van der Waals surface area contributed by atoms with Crippen LogP contribution in [-0.4, -0.2) is 22.2 Å². The molecule has 1 saturated carbocycles. The zero-order valence-corrected chi connectivity index (χ0v) is 11.4. The van der Waals surface area contributed by atoms with Gasteiger partial charge in [-0.1, -0.05) is 19.3 Å². The number of aliphatic hydroxyl groups excluding tert-OH is 1. The van der Waals surface area contributed by atoms with Gasteiger partial charge in [0.15, 0.2) is 5.82 Å². The number of ether oxygens (including phenoxy) is 1. The van der Waals surface area contributed by atoms with Crippen molar-refractivity contribution < 1.29 is 9.84 Å². The third-order valence-electron chi connectivity index (χ3n) is 3.93. The molecule has 1 heterocycles. The van der Waals surface area contributed by atoms with E-state index < -0.39 is 6.10 Å². The summed E-state index contributed by atoms with van der Waals surface area (Å²) in [7, 11) is 1.74. The Balaban J connectivity index is 2.34. The number of methoxy groups -OCH3 is 1. The van der Waals surface area contributed by atoms with Gasteiger partial charge in [0.2, 0.25) is 0 Å². The number of aliphatic hydroxyl groups is 1. The molecule has 0 spiro atoms. The van der Waals surface area contributed by atoms with Crippen LogP contribution in [0.1, 0.15) is 62.2 Å². The molecular weight excluding hydrogens is 228 g/mol. The normalized spacial score (nSPS) is 20.7. The van der Waals surface area contributed by atoms with Crippen molar-refractivity contribution in [3.05, 3.63) is 23.3 Å². The summed E-state index contributed by atoms with van der Waals surface area (Å²) < 4.78 is 5.73. The molecule has 0 amide bonds. The number of rotatable bonds is 3. The maximum atomic E-state index is 9.62. The molecule has 1 aromatic heterocycles. The lowest BCUT2D eigenvalue weighted by Crippen LogP contribution is -2.33. The van der Waals surface area contributed by atoms with Gasteiger partial charge >= 0.3 is 0 Å². The average molecular weight is 250 g/mol. The van der Waals surface area contributed by atoms with Crippen LogP contribution >= 0.6 is 0 Å². The van der Waals surface area contributed by atoms with Gasteiger partial charge < -0.3 is 9.84 Å². The van der Waals surface area contributed by atoms with Crippen molar-refractivity contribution in [3.8, 4) is 0 Å². The smallest absolute Gasteiger partial charge is 0.160 e. The van der Waals surface area contributed by atoms with Gasteiger partial charge in [-0.05, 0) is 26.7 Å². The Kier molecular flexibility index (Phi) is 3.97. The molecule has 1 atom stereocenters. The van der Waals surface area contributed by atoms with Crippen molar-refractivity contribution in [2.45, 2.75) is 57.7 Å². The summed E-state index contributed by atoms with van der Waals surface area (Å²) in [5, 5.41) is 9.62. The highest BCUT2D eigenvalue weighted by atomic mass is 16.5. The quantitative estimate of drug-likeness (QED) is 0.896. The molecule has 100 valence electrons. The van der Waals surface area contributed by atoms with Crippen molar-refractivity contribution in [2.24, 2.45) is 0 Å². The molecule has 1 aliphatic carbocycles. The molecule has 4 heteroatoms. The Bertz CT molecular complexity index is 412. The minimum absolute atomic E-state index is 0.319. The van der Waals surface area contributed by atoms with Crippen LogP contribution in [0.15, 0.2) is 6.20 Å². The Morgan fingerprint density at radius 3 is 2.50 bits per heavy atom. The molecule has 4 nitrogen and oxygen atoms in total. The Morgan fingerprint density at radius 2 is 2.00 bits per heavy atom. The van der Waals surface area contributed by atoms with E-state index in [9.17, 15) is 5.11 Å². The van der Waals surface area contributed by atoms with E-state index in [-0.39, 0.29) is 5.60 Å². The third-order valence-corrected chi connectivity index (χ3v) is 3.93. The SMILES string of the molecule is COC1(c2ncc([C@H](C)O)c(C)n2)CCCCC1. The topological polar surface area (TPSA) is 55.2 Å². The highest BCUT2D eigenvalue weighted by Gasteiger charge is 2.36. The second kappa shape index (κ2) is 5.33. The largest absolute Gasteiger partial charge is 0.389 e. The first kappa shape index (κ1) is 13.4. The first-order chi connectivity index (χ1) is 8.59. The lowest BCUT2D eigenvalue weighted by molar-refractivity contribution is -0.0517. The Hall–Kier alpha value is -1.00. The molecule has 1 fully saturated rings. The number of aromatic nitrogens is 2. The second-order valence-corrected chi connectivity index (χ2v) is 5.17. The van der Waals surface area contributed by atoms with Gasteiger partial charge in [0.05, 0.1) is 6.10 Å².